The molecule has 0 amide bonds. The van der Waals surface area contributed by atoms with Crippen molar-refractivity contribution >= 4 is 13.3 Å². The number of benzene rings is 3. The molecule has 1 saturated heterocycles. The standard InChI is InChI=1S/C30H36F2Si/c1-2-3-7-20-33(28-8-5-4-6-9-28)21-18-25(19-22-33)11-10-24-12-14-26(15-13-24)27-16-17-29(31)30(32)23-27/h4-6,8-9,12-17,23,25H,2-3,7,10-11,18-22H2,1H3. The SMILES string of the molecule is CCCCC[Si]1(c2ccccc2)CCC(CCc2ccc(-c3ccc(F)c(F)c3)cc2)CC1. The van der Waals surface area contributed by atoms with Crippen molar-refractivity contribution in [3.63, 3.8) is 0 Å². The Kier molecular flexibility index (Phi) is 8.14. The Hall–Kier alpha value is -2.26. The summed E-state index contributed by atoms with van der Waals surface area (Å²) in [5, 5.41) is 1.69. The molecule has 3 aromatic carbocycles. The van der Waals surface area contributed by atoms with Gasteiger partial charge in [0.15, 0.2) is 11.6 Å². The maximum atomic E-state index is 13.5. The Morgan fingerprint density at radius 3 is 2.15 bits per heavy atom. The van der Waals surface area contributed by atoms with E-state index in [1.165, 1.54) is 74.4 Å². The number of aryl methyl sites for hydroxylation is 1. The fraction of sp³-hybridized carbons (Fsp3) is 0.400. The third kappa shape index (κ3) is 6.00. The normalized spacial score (nSPS) is 20.6. The lowest BCUT2D eigenvalue weighted by Crippen LogP contribution is -2.50. The first-order valence-electron chi connectivity index (χ1n) is 12.7. The van der Waals surface area contributed by atoms with Gasteiger partial charge in [0.1, 0.15) is 0 Å². The molecule has 0 N–H and O–H groups in total. The predicted molar refractivity (Wildman–Crippen MR) is 139 cm³/mol. The molecule has 33 heavy (non-hydrogen) atoms. The van der Waals surface area contributed by atoms with Gasteiger partial charge in [0.05, 0.1) is 8.07 Å². The van der Waals surface area contributed by atoms with Crippen LogP contribution in [0.4, 0.5) is 8.78 Å². The molecule has 3 aromatic rings. The van der Waals surface area contributed by atoms with Crippen molar-refractivity contribution in [3.8, 4) is 11.1 Å². The summed E-state index contributed by atoms with van der Waals surface area (Å²) in [6.07, 6.45) is 9.16. The highest BCUT2D eigenvalue weighted by atomic mass is 28.3. The lowest BCUT2D eigenvalue weighted by molar-refractivity contribution is 0.434. The Labute approximate surface area is 199 Å². The second-order valence-electron chi connectivity index (χ2n) is 9.91. The molecule has 4 rings (SSSR count). The summed E-state index contributed by atoms with van der Waals surface area (Å²) in [6.45, 7) is 2.30. The van der Waals surface area contributed by atoms with Crippen LogP contribution in [-0.2, 0) is 6.42 Å². The molecular formula is C30H36F2Si. The van der Waals surface area contributed by atoms with Gasteiger partial charge in [-0.25, -0.2) is 8.78 Å². The number of rotatable bonds is 9. The molecule has 1 aliphatic rings. The minimum Gasteiger partial charge on any atom is -0.204 e. The lowest BCUT2D eigenvalue weighted by atomic mass is 9.93. The maximum Gasteiger partial charge on any atom is 0.159 e. The molecule has 0 bridgehead atoms. The van der Waals surface area contributed by atoms with Crippen LogP contribution in [0.15, 0.2) is 72.8 Å². The fourth-order valence-corrected chi connectivity index (χ4v) is 11.0. The van der Waals surface area contributed by atoms with Crippen molar-refractivity contribution in [2.45, 2.75) is 70.0 Å². The summed E-state index contributed by atoms with van der Waals surface area (Å²) < 4.78 is 26.8. The van der Waals surface area contributed by atoms with E-state index >= 15 is 0 Å². The van der Waals surface area contributed by atoms with Crippen LogP contribution in [0, 0.1) is 17.6 Å². The predicted octanol–water partition coefficient (Wildman–Crippen LogP) is 8.52. The average molecular weight is 463 g/mol. The fourth-order valence-electron chi connectivity index (χ4n) is 5.62. The summed E-state index contributed by atoms with van der Waals surface area (Å²) in [7, 11) is -1.36. The van der Waals surface area contributed by atoms with E-state index in [4.69, 9.17) is 0 Å². The topological polar surface area (TPSA) is 0 Å². The molecular weight excluding hydrogens is 426 g/mol. The molecule has 1 heterocycles. The Morgan fingerprint density at radius 2 is 1.48 bits per heavy atom. The maximum absolute atomic E-state index is 13.5. The second kappa shape index (κ2) is 11.2. The van der Waals surface area contributed by atoms with E-state index < -0.39 is 19.7 Å². The van der Waals surface area contributed by atoms with Crippen LogP contribution in [0.1, 0.15) is 51.0 Å². The van der Waals surface area contributed by atoms with Gasteiger partial charge in [0, 0.05) is 0 Å². The smallest absolute Gasteiger partial charge is 0.159 e. The van der Waals surface area contributed by atoms with Gasteiger partial charge in [-0.05, 0) is 47.6 Å². The summed E-state index contributed by atoms with van der Waals surface area (Å²) in [5.74, 6) is -0.766. The van der Waals surface area contributed by atoms with Gasteiger partial charge in [0.2, 0.25) is 0 Å². The van der Waals surface area contributed by atoms with Gasteiger partial charge in [-0.15, -0.1) is 0 Å². The lowest BCUT2D eigenvalue weighted by Gasteiger charge is -2.39. The van der Waals surface area contributed by atoms with Crippen LogP contribution in [-0.4, -0.2) is 8.07 Å². The van der Waals surface area contributed by atoms with E-state index in [-0.39, 0.29) is 0 Å². The Morgan fingerprint density at radius 1 is 0.788 bits per heavy atom. The van der Waals surface area contributed by atoms with Gasteiger partial charge >= 0.3 is 0 Å². The van der Waals surface area contributed by atoms with Crippen molar-refractivity contribution < 1.29 is 8.78 Å². The van der Waals surface area contributed by atoms with Gasteiger partial charge in [-0.2, -0.15) is 0 Å². The number of halogens is 2. The van der Waals surface area contributed by atoms with E-state index in [9.17, 15) is 8.78 Å². The number of hydrogen-bond donors (Lipinski definition) is 0. The monoisotopic (exact) mass is 462 g/mol. The van der Waals surface area contributed by atoms with E-state index in [0.29, 0.717) is 0 Å². The molecule has 0 nitrogen and oxygen atoms in total. The van der Waals surface area contributed by atoms with Gasteiger partial charge in [-0.1, -0.05) is 123 Å². The number of unbranched alkanes of at least 4 members (excludes halogenated alkanes) is 2. The van der Waals surface area contributed by atoms with E-state index in [1.54, 1.807) is 11.3 Å². The van der Waals surface area contributed by atoms with Crippen LogP contribution in [0.3, 0.4) is 0 Å². The highest BCUT2D eigenvalue weighted by Gasteiger charge is 2.38. The minimum absolute atomic E-state index is 0.720. The third-order valence-corrected chi connectivity index (χ3v) is 13.1. The van der Waals surface area contributed by atoms with Gasteiger partial charge in [0.25, 0.3) is 0 Å². The van der Waals surface area contributed by atoms with Crippen molar-refractivity contribution in [1.82, 2.24) is 0 Å². The first-order valence-corrected chi connectivity index (χ1v) is 15.3. The Balaban J connectivity index is 1.33. The van der Waals surface area contributed by atoms with Crippen LogP contribution in [0.2, 0.25) is 18.1 Å². The first-order chi connectivity index (χ1) is 16.1. The number of hydrogen-bond acceptors (Lipinski definition) is 0. The molecule has 0 aliphatic carbocycles. The molecule has 0 aromatic heterocycles. The van der Waals surface area contributed by atoms with Crippen LogP contribution in [0.5, 0.6) is 0 Å². The van der Waals surface area contributed by atoms with Gasteiger partial charge < -0.3 is 0 Å². The summed E-state index contributed by atoms with van der Waals surface area (Å²) >= 11 is 0. The quantitative estimate of drug-likeness (QED) is 0.221. The zero-order chi connectivity index (χ0) is 23.1. The van der Waals surface area contributed by atoms with Gasteiger partial charge in [-0.3, -0.25) is 0 Å². The molecule has 3 heteroatoms. The first kappa shape index (κ1) is 23.9. The van der Waals surface area contributed by atoms with Crippen molar-refractivity contribution in [3.05, 3.63) is 90.0 Å². The molecule has 0 saturated carbocycles. The molecule has 0 spiro atoms. The average Bonchev–Trinajstić information content (AvgIpc) is 2.86. The highest BCUT2D eigenvalue weighted by Crippen LogP contribution is 2.38. The molecule has 1 aliphatic heterocycles. The highest BCUT2D eigenvalue weighted by molar-refractivity contribution is 6.92. The zero-order valence-corrected chi connectivity index (χ0v) is 20.8. The molecule has 174 valence electrons. The van der Waals surface area contributed by atoms with E-state index in [1.807, 2.05) is 12.1 Å². The molecule has 0 atom stereocenters. The minimum atomic E-state index is -1.36. The molecule has 0 radical (unpaired) electrons. The summed E-state index contributed by atoms with van der Waals surface area (Å²) in [4.78, 5) is 0. The molecule has 0 unspecified atom stereocenters. The van der Waals surface area contributed by atoms with E-state index in [2.05, 4.69) is 49.4 Å². The summed E-state index contributed by atoms with van der Waals surface area (Å²) in [6, 6.07) is 28.3. The van der Waals surface area contributed by atoms with Crippen molar-refractivity contribution in [2.75, 3.05) is 0 Å². The summed E-state index contributed by atoms with van der Waals surface area (Å²) in [5.41, 5.74) is 2.99. The van der Waals surface area contributed by atoms with Crippen LogP contribution >= 0.6 is 0 Å². The Bertz CT molecular complexity index is 1010. The molecule has 1 fully saturated rings. The second-order valence-corrected chi connectivity index (χ2v) is 14.5. The van der Waals surface area contributed by atoms with E-state index in [0.717, 1.165) is 23.5 Å². The largest absolute Gasteiger partial charge is 0.204 e. The van der Waals surface area contributed by atoms with Crippen molar-refractivity contribution in [1.29, 1.82) is 0 Å². The zero-order valence-electron chi connectivity index (χ0n) is 19.8. The van der Waals surface area contributed by atoms with Crippen molar-refractivity contribution in [2.24, 2.45) is 5.92 Å². The van der Waals surface area contributed by atoms with Crippen LogP contribution < -0.4 is 5.19 Å². The third-order valence-electron chi connectivity index (χ3n) is 7.76. The van der Waals surface area contributed by atoms with Crippen LogP contribution in [0.25, 0.3) is 11.1 Å².